The Balaban J connectivity index is 2.19. The van der Waals surface area contributed by atoms with Crippen LogP contribution in [0.25, 0.3) is 22.5 Å². The number of carboxylic acid groups (broad SMARTS) is 1. The predicted molar refractivity (Wildman–Crippen MR) is 62.0 cm³/mol. The minimum absolute atomic E-state index is 0.0282. The van der Waals surface area contributed by atoms with Gasteiger partial charge in [0.2, 0.25) is 5.76 Å². The summed E-state index contributed by atoms with van der Waals surface area (Å²) in [7, 11) is 0. The molecule has 0 radical (unpaired) electrons. The van der Waals surface area contributed by atoms with Crippen LogP contribution in [0.4, 0.5) is 0 Å². The van der Waals surface area contributed by atoms with Crippen molar-refractivity contribution in [2.24, 2.45) is 0 Å². The molecule has 3 aromatic rings. The highest BCUT2D eigenvalue weighted by molar-refractivity contribution is 5.93. The van der Waals surface area contributed by atoms with Gasteiger partial charge in [0, 0.05) is 0 Å². The Bertz CT molecular complexity index is 736. The molecular weight excluding hydrogens is 234 g/mol. The van der Waals surface area contributed by atoms with Crippen molar-refractivity contribution in [1.82, 2.24) is 15.1 Å². The molecule has 0 fully saturated rings. The predicted octanol–water partition coefficient (Wildman–Crippen LogP) is 1.98. The molecule has 0 aliphatic carbocycles. The number of hydrogen-bond donors (Lipinski definition) is 1. The lowest BCUT2D eigenvalue weighted by Crippen LogP contribution is -1.97. The number of hydrogen-bond acceptors (Lipinski definition) is 5. The van der Waals surface area contributed by atoms with Gasteiger partial charge in [0.05, 0.1) is 23.4 Å². The van der Waals surface area contributed by atoms with Crippen molar-refractivity contribution < 1.29 is 14.4 Å². The quantitative estimate of drug-likeness (QED) is 0.737. The minimum atomic E-state index is -1.11. The first kappa shape index (κ1) is 10.4. The summed E-state index contributed by atoms with van der Waals surface area (Å²) >= 11 is 0. The van der Waals surface area contributed by atoms with Crippen LogP contribution in [0.15, 0.2) is 41.2 Å². The molecule has 0 saturated carbocycles. The molecule has 0 amide bonds. The average Bonchev–Trinajstić information content (AvgIpc) is 2.87. The zero-order valence-corrected chi connectivity index (χ0v) is 9.07. The second-order valence-corrected chi connectivity index (χ2v) is 3.62. The number of benzene rings is 1. The van der Waals surface area contributed by atoms with Crippen molar-refractivity contribution in [2.45, 2.75) is 0 Å². The molecule has 0 unspecified atom stereocenters. The van der Waals surface area contributed by atoms with E-state index in [0.717, 1.165) is 11.7 Å². The van der Waals surface area contributed by atoms with Gasteiger partial charge in [-0.1, -0.05) is 17.3 Å². The third-order valence-corrected chi connectivity index (χ3v) is 2.48. The van der Waals surface area contributed by atoms with Gasteiger partial charge in [0.1, 0.15) is 11.3 Å². The first-order chi connectivity index (χ1) is 8.75. The van der Waals surface area contributed by atoms with Crippen molar-refractivity contribution in [3.8, 4) is 11.5 Å². The summed E-state index contributed by atoms with van der Waals surface area (Å²) in [6, 6.07) is 7.31. The summed E-state index contributed by atoms with van der Waals surface area (Å²) in [5, 5.41) is 12.5. The van der Waals surface area contributed by atoms with Crippen LogP contribution in [0, 0.1) is 0 Å². The van der Waals surface area contributed by atoms with Crippen LogP contribution >= 0.6 is 0 Å². The molecule has 0 spiro atoms. The Morgan fingerprint density at radius 2 is 1.94 bits per heavy atom. The Hall–Kier alpha value is -2.76. The summed E-state index contributed by atoms with van der Waals surface area (Å²) in [6.45, 7) is 0. The Kier molecular flexibility index (Phi) is 2.26. The maximum absolute atomic E-state index is 11.0. The lowest BCUT2D eigenvalue weighted by atomic mass is 10.2. The Morgan fingerprint density at radius 1 is 1.17 bits per heavy atom. The fourth-order valence-electron chi connectivity index (χ4n) is 1.64. The summed E-state index contributed by atoms with van der Waals surface area (Å²) in [6.07, 6.45) is 2.61. The SMILES string of the molecule is O=C(O)c1cnoc1-c1cnc2ccccc2n1. The van der Waals surface area contributed by atoms with Gasteiger partial charge in [-0.25, -0.2) is 9.78 Å². The first-order valence-electron chi connectivity index (χ1n) is 5.16. The molecule has 0 atom stereocenters. The van der Waals surface area contributed by atoms with E-state index in [-0.39, 0.29) is 11.3 Å². The van der Waals surface area contributed by atoms with E-state index in [2.05, 4.69) is 15.1 Å². The summed E-state index contributed by atoms with van der Waals surface area (Å²) in [4.78, 5) is 19.5. The molecule has 6 nitrogen and oxygen atoms in total. The number of nitrogens with zero attached hydrogens (tertiary/aromatic N) is 3. The van der Waals surface area contributed by atoms with Crippen molar-refractivity contribution in [1.29, 1.82) is 0 Å². The lowest BCUT2D eigenvalue weighted by molar-refractivity contribution is 0.0697. The standard InChI is InChI=1S/C12H7N3O3/c16-12(17)7-5-14-18-11(7)10-6-13-8-3-1-2-4-9(8)15-10/h1-6H,(H,16,17). The third kappa shape index (κ3) is 1.60. The summed E-state index contributed by atoms with van der Waals surface area (Å²) < 4.78 is 4.93. The van der Waals surface area contributed by atoms with Crippen LogP contribution in [0.2, 0.25) is 0 Å². The third-order valence-electron chi connectivity index (χ3n) is 2.48. The van der Waals surface area contributed by atoms with E-state index in [1.54, 1.807) is 6.07 Å². The first-order valence-corrected chi connectivity index (χ1v) is 5.16. The normalized spacial score (nSPS) is 10.7. The van der Waals surface area contributed by atoms with Gasteiger partial charge in [-0.05, 0) is 12.1 Å². The summed E-state index contributed by atoms with van der Waals surface area (Å²) in [5.74, 6) is -0.998. The fraction of sp³-hybridized carbons (Fsp3) is 0. The van der Waals surface area contributed by atoms with Gasteiger partial charge in [-0.3, -0.25) is 4.98 Å². The molecule has 18 heavy (non-hydrogen) atoms. The molecule has 2 heterocycles. The second-order valence-electron chi connectivity index (χ2n) is 3.62. The molecule has 88 valence electrons. The maximum Gasteiger partial charge on any atom is 0.341 e. The Morgan fingerprint density at radius 3 is 2.72 bits per heavy atom. The monoisotopic (exact) mass is 241 g/mol. The van der Waals surface area contributed by atoms with Crippen molar-refractivity contribution in [3.05, 3.63) is 42.2 Å². The van der Waals surface area contributed by atoms with E-state index >= 15 is 0 Å². The van der Waals surface area contributed by atoms with Gasteiger partial charge in [-0.15, -0.1) is 0 Å². The molecule has 0 aliphatic heterocycles. The van der Waals surface area contributed by atoms with Gasteiger partial charge >= 0.3 is 5.97 Å². The topological polar surface area (TPSA) is 89.1 Å². The van der Waals surface area contributed by atoms with Crippen LogP contribution in [0.1, 0.15) is 10.4 Å². The van der Waals surface area contributed by atoms with Gasteiger partial charge in [0.25, 0.3) is 0 Å². The van der Waals surface area contributed by atoms with Crippen LogP contribution in [-0.2, 0) is 0 Å². The molecule has 6 heteroatoms. The smallest absolute Gasteiger partial charge is 0.341 e. The average molecular weight is 241 g/mol. The number of aromatic carboxylic acids is 1. The molecule has 1 N–H and O–H groups in total. The summed E-state index contributed by atoms with van der Waals surface area (Å²) in [5.41, 5.74) is 1.73. The van der Waals surface area contributed by atoms with Crippen LogP contribution < -0.4 is 0 Å². The highest BCUT2D eigenvalue weighted by Crippen LogP contribution is 2.22. The molecule has 1 aromatic carbocycles. The highest BCUT2D eigenvalue weighted by atomic mass is 16.5. The number of fused-ring (bicyclic) bond motifs is 1. The van der Waals surface area contributed by atoms with E-state index in [4.69, 9.17) is 9.63 Å². The molecule has 3 rings (SSSR count). The molecule has 0 saturated heterocycles. The van der Waals surface area contributed by atoms with E-state index in [0.29, 0.717) is 11.2 Å². The van der Waals surface area contributed by atoms with E-state index in [9.17, 15) is 4.79 Å². The number of carboxylic acids is 1. The second kappa shape index (κ2) is 3.92. The molecule has 0 aliphatic rings. The molecule has 0 bridgehead atoms. The number of carbonyl (C=O) groups is 1. The number of aromatic nitrogens is 3. The molecule has 2 aromatic heterocycles. The van der Waals surface area contributed by atoms with E-state index in [1.165, 1.54) is 6.20 Å². The fourth-order valence-corrected chi connectivity index (χ4v) is 1.64. The maximum atomic E-state index is 11.0. The van der Waals surface area contributed by atoms with Crippen LogP contribution in [0.5, 0.6) is 0 Å². The van der Waals surface area contributed by atoms with Gasteiger partial charge in [-0.2, -0.15) is 0 Å². The van der Waals surface area contributed by atoms with Crippen LogP contribution in [0.3, 0.4) is 0 Å². The van der Waals surface area contributed by atoms with Gasteiger partial charge < -0.3 is 9.63 Å². The zero-order valence-electron chi connectivity index (χ0n) is 9.07. The Labute approximate surface area is 101 Å². The minimum Gasteiger partial charge on any atom is -0.477 e. The van der Waals surface area contributed by atoms with Crippen LogP contribution in [-0.4, -0.2) is 26.2 Å². The van der Waals surface area contributed by atoms with Crippen molar-refractivity contribution in [2.75, 3.05) is 0 Å². The van der Waals surface area contributed by atoms with Crippen molar-refractivity contribution in [3.63, 3.8) is 0 Å². The van der Waals surface area contributed by atoms with Crippen molar-refractivity contribution >= 4 is 17.0 Å². The number of rotatable bonds is 2. The van der Waals surface area contributed by atoms with Gasteiger partial charge in [0.15, 0.2) is 0 Å². The molecular formula is C12H7N3O3. The van der Waals surface area contributed by atoms with E-state index in [1.807, 2.05) is 18.2 Å². The largest absolute Gasteiger partial charge is 0.477 e. The lowest BCUT2D eigenvalue weighted by Gasteiger charge is -1.99. The zero-order chi connectivity index (χ0) is 12.5. The highest BCUT2D eigenvalue weighted by Gasteiger charge is 2.18. The number of para-hydroxylation sites is 2. The van der Waals surface area contributed by atoms with E-state index < -0.39 is 5.97 Å².